The van der Waals surface area contributed by atoms with Crippen molar-refractivity contribution < 1.29 is 13.9 Å². The summed E-state index contributed by atoms with van der Waals surface area (Å²) in [7, 11) is 0. The minimum atomic E-state index is -1.06. The van der Waals surface area contributed by atoms with E-state index in [9.17, 15) is 9.18 Å². The molecule has 2 heterocycles. The first-order valence-electron chi connectivity index (χ1n) is 8.85. The van der Waals surface area contributed by atoms with Crippen molar-refractivity contribution >= 4 is 35.0 Å². The van der Waals surface area contributed by atoms with Crippen molar-refractivity contribution in [3.05, 3.63) is 58.9 Å². The number of rotatable bonds is 3. The minimum Gasteiger partial charge on any atom is -0.447 e. The van der Waals surface area contributed by atoms with E-state index in [1.54, 1.807) is 43.3 Å². The van der Waals surface area contributed by atoms with Crippen molar-refractivity contribution in [2.45, 2.75) is 24.7 Å². The Morgan fingerprint density at radius 2 is 2.07 bits per heavy atom. The maximum Gasteiger partial charge on any atom is 0.247 e. The van der Waals surface area contributed by atoms with Gasteiger partial charge in [-0.25, -0.2) is 4.39 Å². The molecule has 9 heteroatoms. The normalized spacial score (nSPS) is 15.2. The fraction of sp³-hybridized carbons (Fsp3) is 0.200. The molecular formula is C20H16ClFN4O2S. The second-order valence-corrected chi connectivity index (χ2v) is 7.43. The first-order valence-corrected chi connectivity index (χ1v) is 10.5. The van der Waals surface area contributed by atoms with Crippen LogP contribution in [0.4, 0.5) is 10.1 Å². The second-order valence-electron chi connectivity index (χ2n) is 6.22. The largest absolute Gasteiger partial charge is 0.447 e. The Balaban J connectivity index is 2.02. The number of nitrogens with zero attached hydrogens (tertiary/aromatic N) is 4. The number of fused-ring (bicyclic) bond motifs is 3. The molecule has 1 atom stereocenters. The molecule has 0 radical (unpaired) electrons. The van der Waals surface area contributed by atoms with Crippen LogP contribution in [0.5, 0.6) is 5.88 Å². The van der Waals surface area contributed by atoms with Gasteiger partial charge in [0.15, 0.2) is 5.69 Å². The van der Waals surface area contributed by atoms with E-state index in [0.717, 1.165) is 0 Å². The number of hydrogen-bond acceptors (Lipinski definition) is 6. The Labute approximate surface area is 176 Å². The number of anilines is 1. The van der Waals surface area contributed by atoms with E-state index >= 15 is 0 Å². The van der Waals surface area contributed by atoms with Gasteiger partial charge in [-0.15, -0.1) is 10.2 Å². The van der Waals surface area contributed by atoms with Crippen LogP contribution in [0.15, 0.2) is 47.6 Å². The molecule has 0 saturated carbocycles. The van der Waals surface area contributed by atoms with E-state index in [1.807, 2.05) is 6.26 Å². The van der Waals surface area contributed by atoms with Crippen molar-refractivity contribution in [1.29, 1.82) is 0 Å². The monoisotopic (exact) mass is 430 g/mol. The summed E-state index contributed by atoms with van der Waals surface area (Å²) < 4.78 is 20.8. The molecule has 2 aromatic carbocycles. The number of hydrogen-bond donors (Lipinski definition) is 0. The molecular weight excluding hydrogens is 415 g/mol. The topological polar surface area (TPSA) is 68.2 Å². The van der Waals surface area contributed by atoms with Crippen LogP contribution in [0.2, 0.25) is 5.02 Å². The summed E-state index contributed by atoms with van der Waals surface area (Å²) in [6.07, 6.45) is 0.949. The van der Waals surface area contributed by atoms with Crippen LogP contribution in [0.3, 0.4) is 0 Å². The predicted octanol–water partition coefficient (Wildman–Crippen LogP) is 4.89. The fourth-order valence-electron chi connectivity index (χ4n) is 3.14. The smallest absolute Gasteiger partial charge is 0.247 e. The average molecular weight is 431 g/mol. The summed E-state index contributed by atoms with van der Waals surface area (Å²) in [6.45, 7) is 1.73. The van der Waals surface area contributed by atoms with Crippen LogP contribution in [0.1, 0.15) is 25.1 Å². The number of benzene rings is 2. The predicted molar refractivity (Wildman–Crippen MR) is 110 cm³/mol. The molecule has 0 N–H and O–H groups in total. The van der Waals surface area contributed by atoms with Gasteiger partial charge in [-0.2, -0.15) is 4.98 Å². The lowest BCUT2D eigenvalue weighted by Gasteiger charge is -2.30. The summed E-state index contributed by atoms with van der Waals surface area (Å²) in [5.41, 5.74) is 1.60. The number of halogens is 2. The summed E-state index contributed by atoms with van der Waals surface area (Å²) in [6, 6.07) is 11.2. The second kappa shape index (κ2) is 7.96. The van der Waals surface area contributed by atoms with E-state index in [1.165, 1.54) is 22.7 Å². The van der Waals surface area contributed by atoms with Crippen LogP contribution >= 0.6 is 23.4 Å². The van der Waals surface area contributed by atoms with Crippen molar-refractivity contribution in [2.75, 3.05) is 11.2 Å². The SMILES string of the molecule is CCC(=O)N1c2ccc(Cl)cc2-c2nnc(SC)nc2O[C@H]1c1ccccc1F. The zero-order valence-electron chi connectivity index (χ0n) is 15.6. The quantitative estimate of drug-likeness (QED) is 0.551. The van der Waals surface area contributed by atoms with Gasteiger partial charge in [0.25, 0.3) is 0 Å². The van der Waals surface area contributed by atoms with Crippen LogP contribution in [-0.2, 0) is 4.79 Å². The number of amides is 1. The molecule has 1 aliphatic heterocycles. The van der Waals surface area contributed by atoms with Gasteiger partial charge < -0.3 is 4.74 Å². The maximum atomic E-state index is 14.7. The van der Waals surface area contributed by atoms with Crippen molar-refractivity contribution in [3.8, 4) is 17.1 Å². The number of thioether (sulfide) groups is 1. The molecule has 6 nitrogen and oxygen atoms in total. The van der Waals surface area contributed by atoms with Crippen molar-refractivity contribution in [2.24, 2.45) is 0 Å². The van der Waals surface area contributed by atoms with Crippen LogP contribution in [-0.4, -0.2) is 27.3 Å². The van der Waals surface area contributed by atoms with E-state index < -0.39 is 12.0 Å². The molecule has 0 unspecified atom stereocenters. The Kier molecular flexibility index (Phi) is 5.38. The lowest BCUT2D eigenvalue weighted by molar-refractivity contribution is -0.120. The first kappa shape index (κ1) is 19.6. The maximum absolute atomic E-state index is 14.7. The van der Waals surface area contributed by atoms with Gasteiger partial charge in [0.05, 0.1) is 5.69 Å². The number of carbonyl (C=O) groups excluding carboxylic acids is 1. The Morgan fingerprint density at radius 1 is 1.28 bits per heavy atom. The Morgan fingerprint density at radius 3 is 2.79 bits per heavy atom. The Hall–Kier alpha value is -2.71. The number of carbonyl (C=O) groups is 1. The van der Waals surface area contributed by atoms with Gasteiger partial charge >= 0.3 is 0 Å². The van der Waals surface area contributed by atoms with Crippen molar-refractivity contribution in [1.82, 2.24) is 15.2 Å². The van der Waals surface area contributed by atoms with Gasteiger partial charge in [0, 0.05) is 22.6 Å². The van der Waals surface area contributed by atoms with E-state index in [4.69, 9.17) is 16.3 Å². The molecule has 1 aliphatic rings. The molecule has 0 fully saturated rings. The number of ether oxygens (including phenoxy) is 1. The Bertz CT molecular complexity index is 1100. The van der Waals surface area contributed by atoms with E-state index in [0.29, 0.717) is 27.1 Å². The standard InChI is InChI=1S/C20H16ClFN4O2S/c1-3-16(27)26-15-9-8-11(21)10-13(15)17-18(23-20(29-2)25-24-17)28-19(26)12-6-4-5-7-14(12)22/h4-10,19H,3H2,1-2H3/t19-/m0/s1. The van der Waals surface area contributed by atoms with E-state index in [-0.39, 0.29) is 23.8 Å². The lowest BCUT2D eigenvalue weighted by atomic mass is 10.1. The molecule has 0 aliphatic carbocycles. The molecule has 1 amide bonds. The van der Waals surface area contributed by atoms with Gasteiger partial charge in [-0.3, -0.25) is 9.69 Å². The fourth-order valence-corrected chi connectivity index (χ4v) is 3.61. The third kappa shape index (κ3) is 3.54. The summed E-state index contributed by atoms with van der Waals surface area (Å²) in [5, 5.41) is 9.20. The molecule has 1 aromatic heterocycles. The summed E-state index contributed by atoms with van der Waals surface area (Å²) in [5.74, 6) is -0.572. The highest BCUT2D eigenvalue weighted by Gasteiger charge is 2.36. The van der Waals surface area contributed by atoms with Gasteiger partial charge in [-0.1, -0.05) is 48.5 Å². The van der Waals surface area contributed by atoms with E-state index in [2.05, 4.69) is 15.2 Å². The van der Waals surface area contributed by atoms with Gasteiger partial charge in [-0.05, 0) is 30.5 Å². The van der Waals surface area contributed by atoms with Gasteiger partial charge in [0.1, 0.15) is 5.82 Å². The number of aromatic nitrogens is 3. The summed E-state index contributed by atoms with van der Waals surface area (Å²) in [4.78, 5) is 18.8. The molecule has 29 heavy (non-hydrogen) atoms. The molecule has 0 spiro atoms. The van der Waals surface area contributed by atoms with Crippen molar-refractivity contribution in [3.63, 3.8) is 0 Å². The summed E-state index contributed by atoms with van der Waals surface area (Å²) >= 11 is 7.52. The van der Waals surface area contributed by atoms with Crippen LogP contribution in [0.25, 0.3) is 11.3 Å². The minimum absolute atomic E-state index is 0.160. The zero-order chi connectivity index (χ0) is 20.5. The van der Waals surface area contributed by atoms with Crippen LogP contribution < -0.4 is 9.64 Å². The third-order valence-corrected chi connectivity index (χ3v) is 5.26. The highest BCUT2D eigenvalue weighted by Crippen LogP contribution is 2.44. The molecule has 0 saturated heterocycles. The third-order valence-electron chi connectivity index (χ3n) is 4.49. The highest BCUT2D eigenvalue weighted by atomic mass is 35.5. The molecule has 4 rings (SSSR count). The lowest BCUT2D eigenvalue weighted by Crippen LogP contribution is -2.37. The molecule has 0 bridgehead atoms. The van der Waals surface area contributed by atoms with Gasteiger partial charge in [0.2, 0.25) is 23.2 Å². The first-order chi connectivity index (χ1) is 14.0. The molecule has 3 aromatic rings. The average Bonchev–Trinajstić information content (AvgIpc) is 2.87. The zero-order valence-corrected chi connectivity index (χ0v) is 17.2. The molecule has 148 valence electrons. The highest BCUT2D eigenvalue weighted by molar-refractivity contribution is 7.98. The van der Waals surface area contributed by atoms with Crippen LogP contribution in [0, 0.1) is 5.82 Å².